The van der Waals surface area contributed by atoms with Gasteiger partial charge in [-0.1, -0.05) is 6.92 Å². The number of aryl methyl sites for hydroxylation is 1. The Hall–Kier alpha value is -2.14. The van der Waals surface area contributed by atoms with E-state index in [1.54, 1.807) is 0 Å². The summed E-state index contributed by atoms with van der Waals surface area (Å²) in [5, 5.41) is 5.52. The summed E-state index contributed by atoms with van der Waals surface area (Å²) < 4.78 is 1.85. The van der Waals surface area contributed by atoms with Crippen LogP contribution >= 0.6 is 0 Å². The first-order chi connectivity index (χ1) is 12.7. The maximum absolute atomic E-state index is 4.70. The second-order valence-corrected chi connectivity index (χ2v) is 7.76. The molecular weight excluding hydrogens is 322 g/mol. The van der Waals surface area contributed by atoms with E-state index in [4.69, 9.17) is 4.98 Å². The number of H-pyrrole nitrogens is 1. The molecule has 138 valence electrons. The van der Waals surface area contributed by atoms with Crippen molar-refractivity contribution in [3.05, 3.63) is 36.4 Å². The second-order valence-electron chi connectivity index (χ2n) is 7.76. The van der Waals surface area contributed by atoms with Crippen LogP contribution in [0.3, 0.4) is 0 Å². The van der Waals surface area contributed by atoms with Crippen LogP contribution in [-0.4, -0.2) is 44.3 Å². The molecule has 0 bridgehead atoms. The average Bonchev–Trinajstić information content (AvgIpc) is 3.27. The molecule has 0 aliphatic heterocycles. The van der Waals surface area contributed by atoms with Gasteiger partial charge in [0.2, 0.25) is 0 Å². The van der Waals surface area contributed by atoms with Gasteiger partial charge in [-0.15, -0.1) is 0 Å². The van der Waals surface area contributed by atoms with Gasteiger partial charge in [0.15, 0.2) is 0 Å². The third kappa shape index (κ3) is 3.28. The molecule has 3 aromatic heterocycles. The van der Waals surface area contributed by atoms with Gasteiger partial charge in [0.25, 0.3) is 0 Å². The van der Waals surface area contributed by atoms with E-state index in [1.807, 2.05) is 17.9 Å². The molecule has 5 nitrogen and oxygen atoms in total. The van der Waals surface area contributed by atoms with Gasteiger partial charge < -0.3 is 9.88 Å². The summed E-state index contributed by atoms with van der Waals surface area (Å²) in [4.78, 5) is 10.6. The third-order valence-corrected chi connectivity index (χ3v) is 5.94. The number of hydrogen-bond acceptors (Lipinski definition) is 3. The van der Waals surface area contributed by atoms with Crippen LogP contribution in [0.1, 0.15) is 50.5 Å². The zero-order chi connectivity index (χ0) is 18.1. The van der Waals surface area contributed by atoms with Gasteiger partial charge in [0.1, 0.15) is 5.65 Å². The van der Waals surface area contributed by atoms with Gasteiger partial charge in [-0.2, -0.15) is 5.10 Å². The number of aromatic nitrogens is 4. The Morgan fingerprint density at radius 1 is 1.23 bits per heavy atom. The summed E-state index contributed by atoms with van der Waals surface area (Å²) in [6.07, 6.45) is 14.5. The highest BCUT2D eigenvalue weighted by Gasteiger charge is 2.25. The molecular formula is C21H29N5. The van der Waals surface area contributed by atoms with E-state index in [0.717, 1.165) is 17.3 Å². The number of aromatic amines is 1. The van der Waals surface area contributed by atoms with Gasteiger partial charge in [-0.05, 0) is 63.2 Å². The summed E-state index contributed by atoms with van der Waals surface area (Å²) in [6.45, 7) is 3.47. The van der Waals surface area contributed by atoms with E-state index < -0.39 is 0 Å². The smallest absolute Gasteiger partial charge is 0.137 e. The van der Waals surface area contributed by atoms with Gasteiger partial charge in [-0.25, -0.2) is 4.98 Å². The average molecular weight is 351 g/mol. The molecule has 0 radical (unpaired) electrons. The van der Waals surface area contributed by atoms with Crippen molar-refractivity contribution in [3.63, 3.8) is 0 Å². The van der Waals surface area contributed by atoms with E-state index in [-0.39, 0.29) is 0 Å². The van der Waals surface area contributed by atoms with Crippen LogP contribution in [0.2, 0.25) is 0 Å². The first kappa shape index (κ1) is 17.3. The zero-order valence-corrected chi connectivity index (χ0v) is 16.1. The number of nitrogens with zero attached hydrogens (tertiary/aromatic N) is 4. The summed E-state index contributed by atoms with van der Waals surface area (Å²) >= 11 is 0. The van der Waals surface area contributed by atoms with E-state index in [1.165, 1.54) is 55.2 Å². The lowest BCUT2D eigenvalue weighted by Crippen LogP contribution is -2.35. The van der Waals surface area contributed by atoms with Crippen molar-refractivity contribution >= 4 is 11.0 Å². The number of nitrogens with one attached hydrogen (secondary N) is 1. The fourth-order valence-electron chi connectivity index (χ4n) is 4.43. The first-order valence-electron chi connectivity index (χ1n) is 9.82. The Bertz CT molecular complexity index is 870. The Kier molecular flexibility index (Phi) is 4.81. The number of rotatable bonds is 5. The summed E-state index contributed by atoms with van der Waals surface area (Å²) in [5.74, 6) is 0.634. The van der Waals surface area contributed by atoms with E-state index in [0.29, 0.717) is 5.92 Å². The highest BCUT2D eigenvalue weighted by Crippen LogP contribution is 2.36. The highest BCUT2D eigenvalue weighted by molar-refractivity contribution is 5.93. The lowest BCUT2D eigenvalue weighted by atomic mass is 9.81. The van der Waals surface area contributed by atoms with Crippen LogP contribution in [0.25, 0.3) is 22.2 Å². The topological polar surface area (TPSA) is 49.7 Å². The first-order valence-corrected chi connectivity index (χ1v) is 9.82. The minimum atomic E-state index is 0.634. The molecule has 1 aliphatic carbocycles. The van der Waals surface area contributed by atoms with Crippen molar-refractivity contribution in [2.45, 2.75) is 51.0 Å². The van der Waals surface area contributed by atoms with E-state index in [2.05, 4.69) is 53.6 Å². The lowest BCUT2D eigenvalue weighted by molar-refractivity contribution is 0.183. The minimum absolute atomic E-state index is 0.634. The SMILES string of the molecule is CCCN(C)[C@H]1CC[C@@H](c2cnc3[nH]cc(-c4cnn(C)c4)c3c2)CC1. The van der Waals surface area contributed by atoms with Crippen LogP contribution in [0.4, 0.5) is 0 Å². The quantitative estimate of drug-likeness (QED) is 0.744. The van der Waals surface area contributed by atoms with Crippen molar-refractivity contribution in [1.82, 2.24) is 24.6 Å². The fourth-order valence-corrected chi connectivity index (χ4v) is 4.43. The molecule has 1 N–H and O–H groups in total. The Morgan fingerprint density at radius 2 is 2.04 bits per heavy atom. The van der Waals surface area contributed by atoms with Gasteiger partial charge >= 0.3 is 0 Å². The summed E-state index contributed by atoms with van der Waals surface area (Å²) in [7, 11) is 4.23. The van der Waals surface area contributed by atoms with Gasteiger partial charge in [0, 0.05) is 48.2 Å². The third-order valence-electron chi connectivity index (χ3n) is 5.94. The van der Waals surface area contributed by atoms with Gasteiger partial charge in [-0.3, -0.25) is 4.68 Å². The standard InChI is InChI=1S/C21H29N5/c1-4-9-25(2)18-7-5-15(6-8-18)16-10-19-20(13-23-21(19)22-11-16)17-12-24-26(3)14-17/h10-15,18H,4-9H2,1-3H3,(H,22,23)/t15-,18+. The predicted molar refractivity (Wildman–Crippen MR) is 106 cm³/mol. The minimum Gasteiger partial charge on any atom is -0.346 e. The number of pyridine rings is 1. The van der Waals surface area contributed by atoms with E-state index >= 15 is 0 Å². The molecule has 0 aromatic carbocycles. The molecule has 5 heteroatoms. The molecule has 0 spiro atoms. The van der Waals surface area contributed by atoms with Crippen LogP contribution in [0.15, 0.2) is 30.9 Å². The van der Waals surface area contributed by atoms with E-state index in [9.17, 15) is 0 Å². The zero-order valence-electron chi connectivity index (χ0n) is 16.1. The molecule has 1 fully saturated rings. The Labute approximate surface area is 155 Å². The number of fused-ring (bicyclic) bond motifs is 1. The molecule has 1 aliphatic rings. The largest absolute Gasteiger partial charge is 0.346 e. The molecule has 3 aromatic rings. The van der Waals surface area contributed by atoms with Gasteiger partial charge in [0.05, 0.1) is 6.20 Å². The summed E-state index contributed by atoms with van der Waals surface area (Å²) in [6, 6.07) is 3.10. The van der Waals surface area contributed by atoms with Crippen molar-refractivity contribution in [3.8, 4) is 11.1 Å². The highest BCUT2D eigenvalue weighted by atomic mass is 15.2. The Morgan fingerprint density at radius 3 is 2.73 bits per heavy atom. The second kappa shape index (κ2) is 7.23. The van der Waals surface area contributed by atoms with Crippen LogP contribution < -0.4 is 0 Å². The van der Waals surface area contributed by atoms with Crippen molar-refractivity contribution in [2.75, 3.05) is 13.6 Å². The molecule has 4 rings (SSSR count). The molecule has 0 saturated heterocycles. The monoisotopic (exact) mass is 351 g/mol. The van der Waals surface area contributed by atoms with Crippen LogP contribution in [0.5, 0.6) is 0 Å². The Balaban J connectivity index is 1.55. The fraction of sp³-hybridized carbons (Fsp3) is 0.524. The van der Waals surface area contributed by atoms with Crippen LogP contribution in [0, 0.1) is 0 Å². The van der Waals surface area contributed by atoms with Crippen molar-refractivity contribution in [1.29, 1.82) is 0 Å². The molecule has 1 saturated carbocycles. The molecule has 26 heavy (non-hydrogen) atoms. The molecule has 0 amide bonds. The maximum Gasteiger partial charge on any atom is 0.137 e. The predicted octanol–water partition coefficient (Wildman–Crippen LogP) is 4.33. The number of hydrogen-bond donors (Lipinski definition) is 1. The molecule has 0 atom stereocenters. The lowest BCUT2D eigenvalue weighted by Gasteiger charge is -2.34. The normalized spacial score (nSPS) is 20.9. The molecule has 3 heterocycles. The van der Waals surface area contributed by atoms with Crippen molar-refractivity contribution < 1.29 is 0 Å². The van der Waals surface area contributed by atoms with Crippen molar-refractivity contribution in [2.24, 2.45) is 7.05 Å². The summed E-state index contributed by atoms with van der Waals surface area (Å²) in [5.41, 5.74) is 4.68. The maximum atomic E-state index is 4.70. The molecule has 0 unspecified atom stereocenters. The van der Waals surface area contributed by atoms with Crippen LogP contribution in [-0.2, 0) is 7.05 Å².